The molecule has 0 aromatic carbocycles. The lowest BCUT2D eigenvalue weighted by molar-refractivity contribution is 0.302. The van der Waals surface area contributed by atoms with Gasteiger partial charge in [0.2, 0.25) is 0 Å². The molecule has 0 heterocycles. The van der Waals surface area contributed by atoms with E-state index < -0.39 is 0 Å². The van der Waals surface area contributed by atoms with Gasteiger partial charge in [-0.2, -0.15) is 0 Å². The Labute approximate surface area is 110 Å². The first-order valence-corrected chi connectivity index (χ1v) is 6.16. The number of hydrogen-bond acceptors (Lipinski definition) is 1. The summed E-state index contributed by atoms with van der Waals surface area (Å²) >= 11 is 3.47. The van der Waals surface area contributed by atoms with Crippen LogP contribution in [0.4, 0.5) is 0 Å². The Morgan fingerprint density at radius 1 is 0.882 bits per heavy atom. The van der Waals surface area contributed by atoms with Crippen LogP contribution in [0.5, 0.6) is 0 Å². The first-order valence-electron chi connectivity index (χ1n) is 5.37. The van der Waals surface area contributed by atoms with Crippen molar-refractivity contribution in [3.05, 3.63) is 82.1 Å². The minimum Gasteiger partial charge on any atom is -0.496 e. The molecule has 0 aromatic rings. The Bertz CT molecular complexity index is 493. The van der Waals surface area contributed by atoms with Gasteiger partial charge in [0.15, 0.2) is 0 Å². The van der Waals surface area contributed by atoms with Crippen molar-refractivity contribution in [2.45, 2.75) is 0 Å². The topological polar surface area (TPSA) is 9.23 Å². The van der Waals surface area contributed by atoms with Gasteiger partial charge < -0.3 is 4.74 Å². The average Bonchev–Trinajstić information content (AvgIpc) is 2.69. The summed E-state index contributed by atoms with van der Waals surface area (Å²) in [7, 11) is 1.69. The van der Waals surface area contributed by atoms with Crippen molar-refractivity contribution in [3.63, 3.8) is 0 Å². The molecule has 17 heavy (non-hydrogen) atoms. The van der Waals surface area contributed by atoms with E-state index in [-0.39, 0.29) is 0 Å². The molecule has 0 N–H and O–H groups in total. The predicted octanol–water partition coefficient (Wildman–Crippen LogP) is 4.34. The van der Waals surface area contributed by atoms with Crippen LogP contribution in [0, 0.1) is 0 Å². The standard InChI is InChI=1S/C15H13BrO/c1-17-15-11-9-13(16)8-10-14(15)12-6-4-2-3-5-7-12/h2-11H,1H3. The van der Waals surface area contributed by atoms with Gasteiger partial charge in [-0.3, -0.25) is 0 Å². The summed E-state index contributed by atoms with van der Waals surface area (Å²) in [5.41, 5.74) is 2.21. The van der Waals surface area contributed by atoms with Crippen molar-refractivity contribution in [1.29, 1.82) is 0 Å². The van der Waals surface area contributed by atoms with Gasteiger partial charge in [0.1, 0.15) is 5.76 Å². The third-order valence-electron chi connectivity index (χ3n) is 2.48. The lowest BCUT2D eigenvalue weighted by Gasteiger charge is -2.08. The molecule has 2 rings (SSSR count). The van der Waals surface area contributed by atoms with Crippen LogP contribution in [0.3, 0.4) is 0 Å². The summed E-state index contributed by atoms with van der Waals surface area (Å²) in [4.78, 5) is 0. The average molecular weight is 289 g/mol. The zero-order valence-electron chi connectivity index (χ0n) is 9.56. The normalized spacial score (nSPS) is 18.7. The Morgan fingerprint density at radius 2 is 1.59 bits per heavy atom. The molecule has 0 aliphatic heterocycles. The van der Waals surface area contributed by atoms with Crippen LogP contribution < -0.4 is 0 Å². The summed E-state index contributed by atoms with van der Waals surface area (Å²) in [6.07, 6.45) is 20.2. The van der Waals surface area contributed by atoms with E-state index in [1.54, 1.807) is 7.11 Å². The Balaban J connectivity index is 2.50. The maximum atomic E-state index is 5.42. The van der Waals surface area contributed by atoms with Gasteiger partial charge in [-0.1, -0.05) is 52.4 Å². The van der Waals surface area contributed by atoms with Gasteiger partial charge >= 0.3 is 0 Å². The van der Waals surface area contributed by atoms with E-state index in [0.717, 1.165) is 21.4 Å². The second-order valence-corrected chi connectivity index (χ2v) is 4.51. The molecule has 0 saturated carbocycles. The van der Waals surface area contributed by atoms with Crippen LogP contribution >= 0.6 is 15.9 Å². The molecule has 2 aliphatic rings. The molecule has 0 radical (unpaired) electrons. The summed E-state index contributed by atoms with van der Waals surface area (Å²) in [5.74, 6) is 0.863. The molecular weight excluding hydrogens is 276 g/mol. The van der Waals surface area contributed by atoms with Crippen molar-refractivity contribution in [2.24, 2.45) is 0 Å². The molecule has 0 saturated heterocycles. The lowest BCUT2D eigenvalue weighted by atomic mass is 10.1. The minimum atomic E-state index is 0.863. The molecule has 0 fully saturated rings. The molecule has 86 valence electrons. The molecule has 0 aromatic heterocycles. The zero-order chi connectivity index (χ0) is 12.1. The molecular formula is C15H13BrO. The van der Waals surface area contributed by atoms with Crippen molar-refractivity contribution >= 4 is 15.9 Å². The van der Waals surface area contributed by atoms with Gasteiger partial charge in [-0.25, -0.2) is 0 Å². The van der Waals surface area contributed by atoms with Gasteiger partial charge in [-0.05, 0) is 29.9 Å². The van der Waals surface area contributed by atoms with E-state index in [9.17, 15) is 0 Å². The Morgan fingerprint density at radius 3 is 2.24 bits per heavy atom. The zero-order valence-corrected chi connectivity index (χ0v) is 11.1. The van der Waals surface area contributed by atoms with Crippen LogP contribution in [0.1, 0.15) is 0 Å². The second-order valence-electron chi connectivity index (χ2n) is 3.59. The smallest absolute Gasteiger partial charge is 0.126 e. The van der Waals surface area contributed by atoms with E-state index in [1.165, 1.54) is 0 Å². The first-order chi connectivity index (χ1) is 8.31. The highest BCUT2D eigenvalue weighted by molar-refractivity contribution is 9.11. The summed E-state index contributed by atoms with van der Waals surface area (Å²) in [5, 5.41) is 0. The number of allylic oxidation sites excluding steroid dienone is 12. The number of ether oxygens (including phenoxy) is 1. The van der Waals surface area contributed by atoms with E-state index in [1.807, 2.05) is 42.5 Å². The van der Waals surface area contributed by atoms with Crippen molar-refractivity contribution in [2.75, 3.05) is 7.11 Å². The molecule has 1 nitrogen and oxygen atoms in total. The quantitative estimate of drug-likeness (QED) is 0.697. The maximum absolute atomic E-state index is 5.42. The third-order valence-corrected chi connectivity index (χ3v) is 3.01. The van der Waals surface area contributed by atoms with Crippen LogP contribution in [-0.2, 0) is 4.74 Å². The molecule has 0 spiro atoms. The molecule has 0 amide bonds. The number of halogens is 1. The summed E-state index contributed by atoms with van der Waals surface area (Å²) in [6.45, 7) is 0. The number of hydrogen-bond donors (Lipinski definition) is 0. The van der Waals surface area contributed by atoms with Crippen molar-refractivity contribution < 1.29 is 4.74 Å². The van der Waals surface area contributed by atoms with Crippen molar-refractivity contribution in [1.82, 2.24) is 0 Å². The predicted molar refractivity (Wildman–Crippen MR) is 75.7 cm³/mol. The largest absolute Gasteiger partial charge is 0.496 e. The van der Waals surface area contributed by atoms with Gasteiger partial charge in [0.05, 0.1) is 7.11 Å². The highest BCUT2D eigenvalue weighted by Crippen LogP contribution is 2.25. The monoisotopic (exact) mass is 288 g/mol. The van der Waals surface area contributed by atoms with Gasteiger partial charge in [0.25, 0.3) is 0 Å². The van der Waals surface area contributed by atoms with E-state index in [0.29, 0.717) is 0 Å². The SMILES string of the molecule is COC1=CC=C(Br)C=CC1=C1C=CC=CC=C1. The number of methoxy groups -OCH3 is 1. The van der Waals surface area contributed by atoms with E-state index in [2.05, 4.69) is 34.2 Å². The molecule has 2 heteroatoms. The molecule has 0 atom stereocenters. The summed E-state index contributed by atoms with van der Waals surface area (Å²) < 4.78 is 6.45. The summed E-state index contributed by atoms with van der Waals surface area (Å²) in [6, 6.07) is 0. The van der Waals surface area contributed by atoms with Crippen LogP contribution in [0.2, 0.25) is 0 Å². The third kappa shape index (κ3) is 2.98. The molecule has 0 bridgehead atoms. The fourth-order valence-electron chi connectivity index (χ4n) is 1.64. The highest BCUT2D eigenvalue weighted by Gasteiger charge is 2.08. The fraction of sp³-hybridized carbons (Fsp3) is 0.0667. The highest BCUT2D eigenvalue weighted by atomic mass is 79.9. The molecule has 0 unspecified atom stereocenters. The maximum Gasteiger partial charge on any atom is 0.126 e. The number of rotatable bonds is 1. The Kier molecular flexibility index (Phi) is 3.99. The van der Waals surface area contributed by atoms with E-state index >= 15 is 0 Å². The van der Waals surface area contributed by atoms with Gasteiger partial charge in [0, 0.05) is 10.1 Å². The minimum absolute atomic E-state index is 0.863. The molecule has 2 aliphatic carbocycles. The lowest BCUT2D eigenvalue weighted by Crippen LogP contribution is -1.92. The van der Waals surface area contributed by atoms with Crippen LogP contribution in [-0.4, -0.2) is 7.11 Å². The first kappa shape index (κ1) is 11.9. The Hall–Kier alpha value is -1.54. The van der Waals surface area contributed by atoms with Crippen LogP contribution in [0.15, 0.2) is 82.1 Å². The fourth-order valence-corrected chi connectivity index (χ4v) is 1.91. The van der Waals surface area contributed by atoms with E-state index in [4.69, 9.17) is 4.74 Å². The van der Waals surface area contributed by atoms with Gasteiger partial charge in [-0.15, -0.1) is 0 Å². The van der Waals surface area contributed by atoms with Crippen molar-refractivity contribution in [3.8, 4) is 0 Å². The second kappa shape index (κ2) is 5.69. The van der Waals surface area contributed by atoms with Crippen LogP contribution in [0.25, 0.3) is 0 Å².